The van der Waals surface area contributed by atoms with Crippen molar-refractivity contribution in [2.24, 2.45) is 5.73 Å². The molecule has 0 bridgehead atoms. The van der Waals surface area contributed by atoms with Gasteiger partial charge in [0.2, 0.25) is 5.91 Å². The zero-order chi connectivity index (χ0) is 15.3. The number of nitrogens with one attached hydrogen (secondary N) is 1. The van der Waals surface area contributed by atoms with Gasteiger partial charge in [-0.15, -0.1) is 11.8 Å². The number of amides is 1. The van der Waals surface area contributed by atoms with E-state index in [1.54, 1.807) is 13.8 Å². The minimum Gasteiger partial charge on any atom is -0.480 e. The van der Waals surface area contributed by atoms with Gasteiger partial charge in [-0.25, -0.2) is 0 Å². The number of thioether (sulfide) groups is 1. The normalized spacial score (nSPS) is 12.8. The number of carboxylic acids is 1. The Labute approximate surface area is 122 Å². The second-order valence-electron chi connectivity index (χ2n) is 5.12. The number of nitrogens with two attached hydrogens (primary N) is 1. The average molecular weight is 296 g/mol. The standard InChI is InChI=1S/C14H20N2O3S/c1-9-4-6-10(7-5-9)16-11(17)8-20-14(2,3)12(15)13(18)19/h4-7,12H,8,15H2,1-3H3,(H,16,17)(H,18,19)/t12-/m0/s1. The van der Waals surface area contributed by atoms with Crippen LogP contribution in [0.4, 0.5) is 5.69 Å². The van der Waals surface area contributed by atoms with Crippen LogP contribution in [0.2, 0.25) is 0 Å². The predicted octanol–water partition coefficient (Wildman–Crippen LogP) is 1.86. The Kier molecular flexibility index (Phi) is 5.59. The fourth-order valence-electron chi connectivity index (χ4n) is 1.47. The number of anilines is 1. The van der Waals surface area contributed by atoms with Crippen molar-refractivity contribution in [1.29, 1.82) is 0 Å². The first-order valence-corrected chi connectivity index (χ1v) is 7.20. The zero-order valence-electron chi connectivity index (χ0n) is 11.8. The molecule has 6 heteroatoms. The minimum absolute atomic E-state index is 0.155. The summed E-state index contributed by atoms with van der Waals surface area (Å²) in [7, 11) is 0. The molecule has 1 aromatic rings. The smallest absolute Gasteiger partial charge is 0.321 e. The molecule has 1 atom stereocenters. The molecule has 0 saturated heterocycles. The van der Waals surface area contributed by atoms with Crippen LogP contribution in [-0.4, -0.2) is 33.5 Å². The van der Waals surface area contributed by atoms with E-state index in [-0.39, 0.29) is 11.7 Å². The molecule has 4 N–H and O–H groups in total. The van der Waals surface area contributed by atoms with E-state index in [2.05, 4.69) is 5.32 Å². The van der Waals surface area contributed by atoms with Crippen LogP contribution in [-0.2, 0) is 9.59 Å². The number of hydrogen-bond donors (Lipinski definition) is 3. The van der Waals surface area contributed by atoms with Crippen molar-refractivity contribution < 1.29 is 14.7 Å². The Morgan fingerprint density at radius 1 is 1.35 bits per heavy atom. The van der Waals surface area contributed by atoms with Gasteiger partial charge >= 0.3 is 5.97 Å². The second-order valence-corrected chi connectivity index (χ2v) is 6.75. The minimum atomic E-state index is -1.07. The van der Waals surface area contributed by atoms with Gasteiger partial charge in [-0.05, 0) is 32.9 Å². The van der Waals surface area contributed by atoms with E-state index in [1.807, 2.05) is 31.2 Å². The van der Waals surface area contributed by atoms with Gasteiger partial charge in [-0.3, -0.25) is 9.59 Å². The third kappa shape index (κ3) is 4.86. The molecule has 0 fully saturated rings. The van der Waals surface area contributed by atoms with Crippen LogP contribution in [0.5, 0.6) is 0 Å². The maximum Gasteiger partial charge on any atom is 0.321 e. The lowest BCUT2D eigenvalue weighted by Gasteiger charge is -2.27. The molecular formula is C14H20N2O3S. The lowest BCUT2D eigenvalue weighted by Crippen LogP contribution is -2.47. The van der Waals surface area contributed by atoms with Gasteiger partial charge in [0.05, 0.1) is 5.75 Å². The summed E-state index contributed by atoms with van der Waals surface area (Å²) in [6.45, 7) is 5.41. The van der Waals surface area contributed by atoms with Gasteiger partial charge in [-0.1, -0.05) is 17.7 Å². The van der Waals surface area contributed by atoms with Crippen LogP contribution in [0.3, 0.4) is 0 Å². The molecule has 1 amide bonds. The molecule has 0 aliphatic heterocycles. The number of hydrogen-bond acceptors (Lipinski definition) is 4. The van der Waals surface area contributed by atoms with Crippen molar-refractivity contribution in [3.05, 3.63) is 29.8 Å². The van der Waals surface area contributed by atoms with Crippen molar-refractivity contribution >= 4 is 29.3 Å². The van der Waals surface area contributed by atoms with Crippen molar-refractivity contribution in [1.82, 2.24) is 0 Å². The van der Waals surface area contributed by atoms with E-state index in [1.165, 1.54) is 11.8 Å². The highest BCUT2D eigenvalue weighted by Crippen LogP contribution is 2.27. The fraction of sp³-hybridized carbons (Fsp3) is 0.429. The summed E-state index contributed by atoms with van der Waals surface area (Å²) in [5.74, 6) is -1.09. The topological polar surface area (TPSA) is 92.4 Å². The summed E-state index contributed by atoms with van der Waals surface area (Å²) in [5.41, 5.74) is 7.44. The lowest BCUT2D eigenvalue weighted by atomic mass is 10.1. The summed E-state index contributed by atoms with van der Waals surface area (Å²) in [6, 6.07) is 6.46. The highest BCUT2D eigenvalue weighted by atomic mass is 32.2. The van der Waals surface area contributed by atoms with E-state index in [0.717, 1.165) is 11.3 Å². The van der Waals surface area contributed by atoms with Gasteiger partial charge in [0.15, 0.2) is 0 Å². The second kappa shape index (κ2) is 6.76. The van der Waals surface area contributed by atoms with Gasteiger partial charge in [0, 0.05) is 10.4 Å². The Morgan fingerprint density at radius 3 is 2.40 bits per heavy atom. The molecule has 0 radical (unpaired) electrons. The first-order chi connectivity index (χ1) is 9.22. The number of carbonyl (C=O) groups excluding carboxylic acids is 1. The van der Waals surface area contributed by atoms with Gasteiger partial charge in [-0.2, -0.15) is 0 Å². The molecule has 0 heterocycles. The SMILES string of the molecule is Cc1ccc(NC(=O)CSC(C)(C)[C@@H](N)C(=O)O)cc1. The largest absolute Gasteiger partial charge is 0.480 e. The van der Waals surface area contributed by atoms with Gasteiger partial charge in [0.25, 0.3) is 0 Å². The van der Waals surface area contributed by atoms with E-state index in [0.29, 0.717) is 0 Å². The van der Waals surface area contributed by atoms with Crippen LogP contribution in [0.15, 0.2) is 24.3 Å². The third-order valence-corrected chi connectivity index (χ3v) is 4.33. The van der Waals surface area contributed by atoms with E-state index < -0.39 is 16.8 Å². The van der Waals surface area contributed by atoms with Crippen LogP contribution in [0.1, 0.15) is 19.4 Å². The molecule has 0 unspecified atom stereocenters. The number of carbonyl (C=O) groups is 2. The van der Waals surface area contributed by atoms with Crippen LogP contribution in [0.25, 0.3) is 0 Å². The van der Waals surface area contributed by atoms with Crippen molar-refractivity contribution in [3.63, 3.8) is 0 Å². The van der Waals surface area contributed by atoms with Crippen molar-refractivity contribution in [2.75, 3.05) is 11.1 Å². The molecule has 5 nitrogen and oxygen atoms in total. The highest BCUT2D eigenvalue weighted by Gasteiger charge is 2.33. The molecule has 0 aliphatic rings. The molecule has 110 valence electrons. The average Bonchev–Trinajstić information content (AvgIpc) is 2.38. The number of aliphatic carboxylic acids is 1. The first kappa shape index (κ1) is 16.5. The molecular weight excluding hydrogens is 276 g/mol. The fourth-order valence-corrected chi connectivity index (χ4v) is 2.33. The van der Waals surface area contributed by atoms with Gasteiger partial charge < -0.3 is 16.2 Å². The number of rotatable bonds is 6. The maximum atomic E-state index is 11.8. The predicted molar refractivity (Wildman–Crippen MR) is 82.0 cm³/mol. The first-order valence-electron chi connectivity index (χ1n) is 6.21. The molecule has 0 saturated carbocycles. The van der Waals surface area contributed by atoms with Crippen molar-refractivity contribution in [2.45, 2.75) is 31.6 Å². The Morgan fingerprint density at radius 2 is 1.90 bits per heavy atom. The molecule has 1 aromatic carbocycles. The number of carboxylic acid groups (broad SMARTS) is 1. The molecule has 20 heavy (non-hydrogen) atoms. The van der Waals surface area contributed by atoms with Crippen LogP contribution >= 0.6 is 11.8 Å². The third-order valence-electron chi connectivity index (χ3n) is 2.93. The summed E-state index contributed by atoms with van der Waals surface area (Å²) < 4.78 is -0.712. The quantitative estimate of drug-likeness (QED) is 0.745. The van der Waals surface area contributed by atoms with E-state index in [4.69, 9.17) is 10.8 Å². The van der Waals surface area contributed by atoms with Crippen molar-refractivity contribution in [3.8, 4) is 0 Å². The summed E-state index contributed by atoms with van der Waals surface area (Å²) in [6.07, 6.45) is 0. The zero-order valence-corrected chi connectivity index (χ0v) is 12.7. The number of benzene rings is 1. The lowest BCUT2D eigenvalue weighted by molar-refractivity contribution is -0.139. The maximum absolute atomic E-state index is 11.8. The molecule has 0 aromatic heterocycles. The Hall–Kier alpha value is -1.53. The highest BCUT2D eigenvalue weighted by molar-refractivity contribution is 8.01. The summed E-state index contributed by atoms with van der Waals surface area (Å²) >= 11 is 1.23. The summed E-state index contributed by atoms with van der Waals surface area (Å²) in [5, 5.41) is 11.7. The van der Waals surface area contributed by atoms with E-state index >= 15 is 0 Å². The molecule has 1 rings (SSSR count). The van der Waals surface area contributed by atoms with Gasteiger partial charge in [0.1, 0.15) is 6.04 Å². The van der Waals surface area contributed by atoms with E-state index in [9.17, 15) is 9.59 Å². The summed E-state index contributed by atoms with van der Waals surface area (Å²) in [4.78, 5) is 22.7. The monoisotopic (exact) mass is 296 g/mol. The van der Waals surface area contributed by atoms with Crippen LogP contribution in [0, 0.1) is 6.92 Å². The van der Waals surface area contributed by atoms with Crippen LogP contribution < -0.4 is 11.1 Å². The molecule has 0 spiro atoms. The Bertz CT molecular complexity index is 486. The molecule has 0 aliphatic carbocycles. The Balaban J connectivity index is 2.51. The number of aryl methyl sites for hydroxylation is 1.